The van der Waals surface area contributed by atoms with Gasteiger partial charge in [0.25, 0.3) is 11.8 Å². The van der Waals surface area contributed by atoms with Crippen LogP contribution in [-0.4, -0.2) is 53.7 Å². The molecule has 5 rings (SSSR count). The fraction of sp³-hybridized carbons (Fsp3) is 0.565. The number of rotatable bonds is 4. The van der Waals surface area contributed by atoms with Crippen LogP contribution in [0.25, 0.3) is 0 Å². The van der Waals surface area contributed by atoms with Gasteiger partial charge in [-0.25, -0.2) is 0 Å². The Kier molecular flexibility index (Phi) is 5.35. The van der Waals surface area contributed by atoms with E-state index in [0.717, 1.165) is 35.9 Å². The summed E-state index contributed by atoms with van der Waals surface area (Å²) in [4.78, 5) is 50.5. The maximum Gasteiger partial charge on any atom is 0.262 e. The van der Waals surface area contributed by atoms with Gasteiger partial charge in [-0.1, -0.05) is 12.5 Å². The quantitative estimate of drug-likeness (QED) is 0.622. The smallest absolute Gasteiger partial charge is 0.262 e. The summed E-state index contributed by atoms with van der Waals surface area (Å²) in [7, 11) is 0. The van der Waals surface area contributed by atoms with E-state index in [-0.39, 0.29) is 18.7 Å². The van der Waals surface area contributed by atoms with Gasteiger partial charge in [-0.15, -0.1) is 0 Å². The van der Waals surface area contributed by atoms with E-state index in [2.05, 4.69) is 16.0 Å². The molecule has 3 fully saturated rings. The van der Waals surface area contributed by atoms with Crippen molar-refractivity contribution >= 4 is 23.6 Å². The fourth-order valence-corrected chi connectivity index (χ4v) is 5.71. The number of fused-ring (bicyclic) bond motifs is 2. The molecule has 2 saturated heterocycles. The number of amides is 4. The first-order chi connectivity index (χ1) is 15.0. The molecular formula is C23H28N4O4. The molecular weight excluding hydrogens is 396 g/mol. The van der Waals surface area contributed by atoms with Crippen LogP contribution >= 0.6 is 0 Å². The third-order valence-corrected chi connectivity index (χ3v) is 7.36. The van der Waals surface area contributed by atoms with Gasteiger partial charge in [0.2, 0.25) is 11.8 Å². The number of hydrogen-bond acceptors (Lipinski definition) is 6. The Morgan fingerprint density at radius 2 is 1.84 bits per heavy atom. The summed E-state index contributed by atoms with van der Waals surface area (Å²) in [5.41, 5.74) is 1.62. The van der Waals surface area contributed by atoms with Gasteiger partial charge in [0.15, 0.2) is 0 Å². The molecule has 0 radical (unpaired) electrons. The van der Waals surface area contributed by atoms with Crippen molar-refractivity contribution < 1.29 is 19.2 Å². The van der Waals surface area contributed by atoms with Crippen molar-refractivity contribution in [2.24, 2.45) is 11.8 Å². The molecule has 0 spiro atoms. The first-order valence-corrected chi connectivity index (χ1v) is 11.3. The average Bonchev–Trinajstić information content (AvgIpc) is 3.02. The van der Waals surface area contributed by atoms with Crippen LogP contribution in [0.15, 0.2) is 18.2 Å². The molecule has 4 amide bonds. The zero-order valence-electron chi connectivity index (χ0n) is 17.5. The number of carbonyl (C=O) groups excluding carboxylic acids is 4. The van der Waals surface area contributed by atoms with Crippen molar-refractivity contribution in [3.63, 3.8) is 0 Å². The zero-order valence-corrected chi connectivity index (χ0v) is 17.5. The second-order valence-electron chi connectivity index (χ2n) is 9.16. The Morgan fingerprint density at radius 1 is 1.00 bits per heavy atom. The fourth-order valence-electron chi connectivity index (χ4n) is 5.71. The minimum Gasteiger partial charge on any atom is -0.316 e. The van der Waals surface area contributed by atoms with Crippen LogP contribution in [0.2, 0.25) is 0 Å². The van der Waals surface area contributed by atoms with E-state index in [1.165, 1.54) is 19.3 Å². The van der Waals surface area contributed by atoms with Crippen LogP contribution in [0, 0.1) is 11.8 Å². The van der Waals surface area contributed by atoms with Gasteiger partial charge in [0, 0.05) is 19.0 Å². The lowest BCUT2D eigenvalue weighted by Crippen LogP contribution is -2.54. The minimum absolute atomic E-state index is 0.122. The van der Waals surface area contributed by atoms with Gasteiger partial charge in [0.1, 0.15) is 6.04 Å². The van der Waals surface area contributed by atoms with Crippen LogP contribution in [0.5, 0.6) is 0 Å². The lowest BCUT2D eigenvalue weighted by Gasteiger charge is -2.42. The molecule has 1 aromatic rings. The first kappa shape index (κ1) is 20.3. The number of imide groups is 2. The highest BCUT2D eigenvalue weighted by Gasteiger charge is 2.44. The van der Waals surface area contributed by atoms with Crippen molar-refractivity contribution in [3.05, 3.63) is 34.9 Å². The van der Waals surface area contributed by atoms with E-state index in [1.807, 2.05) is 6.07 Å². The number of nitrogens with zero attached hydrogens (tertiary/aromatic N) is 1. The van der Waals surface area contributed by atoms with Gasteiger partial charge in [0.05, 0.1) is 11.1 Å². The minimum atomic E-state index is -0.926. The lowest BCUT2D eigenvalue weighted by atomic mass is 9.72. The summed E-state index contributed by atoms with van der Waals surface area (Å²) < 4.78 is 0. The van der Waals surface area contributed by atoms with Crippen molar-refractivity contribution in [2.75, 3.05) is 13.1 Å². The highest BCUT2D eigenvalue weighted by Crippen LogP contribution is 2.34. The summed E-state index contributed by atoms with van der Waals surface area (Å²) >= 11 is 0. The molecule has 8 heteroatoms. The molecule has 1 saturated carbocycles. The van der Waals surface area contributed by atoms with Crippen molar-refractivity contribution in [1.82, 2.24) is 20.9 Å². The number of benzene rings is 1. The average molecular weight is 425 g/mol. The van der Waals surface area contributed by atoms with Crippen LogP contribution < -0.4 is 16.0 Å². The molecule has 164 valence electrons. The Morgan fingerprint density at radius 3 is 2.68 bits per heavy atom. The molecule has 0 bridgehead atoms. The van der Waals surface area contributed by atoms with Crippen molar-refractivity contribution in [1.29, 1.82) is 0 Å². The predicted molar refractivity (Wildman–Crippen MR) is 112 cm³/mol. The van der Waals surface area contributed by atoms with Crippen LogP contribution in [0.3, 0.4) is 0 Å². The summed E-state index contributed by atoms with van der Waals surface area (Å²) in [6, 6.07) is 4.87. The van der Waals surface area contributed by atoms with Crippen LogP contribution in [0.1, 0.15) is 64.8 Å². The second-order valence-corrected chi connectivity index (χ2v) is 9.16. The maximum absolute atomic E-state index is 13.0. The van der Waals surface area contributed by atoms with E-state index in [9.17, 15) is 19.2 Å². The molecule has 4 aliphatic rings. The number of hydrogen-bond donors (Lipinski definition) is 3. The monoisotopic (exact) mass is 424 g/mol. The highest BCUT2D eigenvalue weighted by atomic mass is 16.2. The highest BCUT2D eigenvalue weighted by molar-refractivity contribution is 6.23. The molecule has 1 aromatic carbocycles. The second kappa shape index (κ2) is 8.16. The summed E-state index contributed by atoms with van der Waals surface area (Å²) in [6.07, 6.45) is 5.26. The van der Waals surface area contributed by atoms with E-state index in [4.69, 9.17) is 0 Å². The van der Waals surface area contributed by atoms with Gasteiger partial charge in [-0.2, -0.15) is 0 Å². The third-order valence-electron chi connectivity index (χ3n) is 7.36. The Hall–Kier alpha value is -2.58. The Balaban J connectivity index is 1.29. The summed E-state index contributed by atoms with van der Waals surface area (Å²) in [6.45, 7) is 2.81. The molecule has 3 N–H and O–H groups in total. The third kappa shape index (κ3) is 3.68. The van der Waals surface area contributed by atoms with Gasteiger partial charge < -0.3 is 10.6 Å². The van der Waals surface area contributed by atoms with E-state index >= 15 is 0 Å². The van der Waals surface area contributed by atoms with E-state index in [0.29, 0.717) is 29.6 Å². The largest absolute Gasteiger partial charge is 0.316 e. The van der Waals surface area contributed by atoms with Crippen LogP contribution in [0.4, 0.5) is 0 Å². The van der Waals surface area contributed by atoms with Crippen LogP contribution in [-0.2, 0) is 16.1 Å². The molecule has 3 aliphatic heterocycles. The lowest BCUT2D eigenvalue weighted by molar-refractivity contribution is -0.136. The zero-order chi connectivity index (χ0) is 21.5. The van der Waals surface area contributed by atoms with Crippen molar-refractivity contribution in [3.8, 4) is 0 Å². The number of nitrogens with one attached hydrogen (secondary N) is 3. The Labute approximate surface area is 181 Å². The maximum atomic E-state index is 13.0. The van der Waals surface area contributed by atoms with E-state index < -0.39 is 23.8 Å². The SMILES string of the molecule is O=C1CCC(N2C(=O)c3ccc(CNC4CCCC5CCNCC54)cc3C2=O)C(=O)N1. The number of carbonyl (C=O) groups is 4. The number of piperidine rings is 2. The Bertz CT molecular complexity index is 944. The first-order valence-electron chi connectivity index (χ1n) is 11.3. The topological polar surface area (TPSA) is 108 Å². The molecule has 31 heavy (non-hydrogen) atoms. The molecule has 0 aromatic heterocycles. The molecule has 8 nitrogen and oxygen atoms in total. The van der Waals surface area contributed by atoms with Gasteiger partial charge in [-0.3, -0.25) is 29.4 Å². The van der Waals surface area contributed by atoms with E-state index in [1.54, 1.807) is 12.1 Å². The molecule has 3 heterocycles. The molecule has 4 unspecified atom stereocenters. The van der Waals surface area contributed by atoms with Gasteiger partial charge in [-0.05, 0) is 68.3 Å². The normalized spacial score (nSPS) is 30.8. The van der Waals surface area contributed by atoms with Crippen molar-refractivity contribution in [2.45, 2.75) is 57.2 Å². The van der Waals surface area contributed by atoms with Gasteiger partial charge >= 0.3 is 0 Å². The summed E-state index contributed by atoms with van der Waals surface area (Å²) in [5, 5.41) is 9.43. The molecule has 4 atom stereocenters. The predicted octanol–water partition coefficient (Wildman–Crippen LogP) is 0.956. The standard InChI is InChI=1S/C23H28N4O4/c28-20-7-6-19(21(29)26-20)27-22(30)15-5-4-13(10-16(15)23(27)31)11-25-18-3-1-2-14-8-9-24-12-17(14)18/h4-5,10,14,17-19,24-25H,1-3,6-9,11-12H2,(H,26,28,29). The molecule has 1 aliphatic carbocycles. The summed E-state index contributed by atoms with van der Waals surface area (Å²) in [5.74, 6) is -0.440.